The van der Waals surface area contributed by atoms with Gasteiger partial charge >= 0.3 is 6.18 Å². The summed E-state index contributed by atoms with van der Waals surface area (Å²) in [6, 6.07) is 2.84. The number of halogens is 3. The first-order valence-corrected chi connectivity index (χ1v) is 8.04. The normalized spacial score (nSPS) is 20.9. The second-order valence-corrected chi connectivity index (χ2v) is 5.86. The maximum absolute atomic E-state index is 13.2. The number of hydrogen-bond donors (Lipinski definition) is 4. The van der Waals surface area contributed by atoms with Crippen LogP contribution in [0.3, 0.4) is 0 Å². The lowest BCUT2D eigenvalue weighted by Gasteiger charge is -2.40. The van der Waals surface area contributed by atoms with E-state index in [1.165, 1.54) is 0 Å². The average molecular weight is 347 g/mol. The molecular formula is C16H24F3N3O2. The maximum Gasteiger partial charge on any atom is 0.418 e. The molecule has 0 amide bonds. The summed E-state index contributed by atoms with van der Waals surface area (Å²) < 4.78 is 44.7. The molecule has 0 saturated carbocycles. The molecule has 2 aliphatic heterocycles. The Balaban J connectivity index is 0.00000100. The van der Waals surface area contributed by atoms with Crippen LogP contribution in [0.4, 0.5) is 24.5 Å². The number of fused-ring (bicyclic) bond motifs is 1. The van der Waals surface area contributed by atoms with Crippen LogP contribution in [0.15, 0.2) is 12.1 Å². The van der Waals surface area contributed by atoms with Crippen LogP contribution in [0.5, 0.6) is 0 Å². The monoisotopic (exact) mass is 347 g/mol. The summed E-state index contributed by atoms with van der Waals surface area (Å²) in [5.41, 5.74) is -0.179. The summed E-state index contributed by atoms with van der Waals surface area (Å²) in [6.07, 6.45) is -4.67. The molecule has 5 nitrogen and oxygen atoms in total. The van der Waals surface area contributed by atoms with Gasteiger partial charge in [-0.25, -0.2) is 0 Å². The van der Waals surface area contributed by atoms with Gasteiger partial charge < -0.3 is 25.8 Å². The van der Waals surface area contributed by atoms with Gasteiger partial charge in [0.2, 0.25) is 0 Å². The van der Waals surface area contributed by atoms with E-state index in [-0.39, 0.29) is 25.0 Å². The Morgan fingerprint density at radius 3 is 2.46 bits per heavy atom. The molecule has 1 unspecified atom stereocenters. The van der Waals surface area contributed by atoms with Gasteiger partial charge in [-0.2, -0.15) is 13.2 Å². The number of aliphatic hydroxyl groups excluding tert-OH is 1. The number of rotatable bonds is 4. The van der Waals surface area contributed by atoms with E-state index in [0.29, 0.717) is 24.5 Å². The van der Waals surface area contributed by atoms with Crippen LogP contribution in [-0.2, 0) is 17.5 Å². The Kier molecular flexibility index (Phi) is 5.62. The number of benzene rings is 1. The average Bonchev–Trinajstić information content (AvgIpc) is 2.86. The van der Waals surface area contributed by atoms with Gasteiger partial charge in [0.1, 0.15) is 0 Å². The molecule has 1 atom stereocenters. The molecule has 2 aliphatic rings. The molecule has 4 N–H and O–H groups in total. The Morgan fingerprint density at radius 1 is 1.29 bits per heavy atom. The van der Waals surface area contributed by atoms with Gasteiger partial charge in [0.25, 0.3) is 0 Å². The van der Waals surface area contributed by atoms with Crippen LogP contribution >= 0.6 is 0 Å². The lowest BCUT2D eigenvalue weighted by Crippen LogP contribution is -2.62. The molecule has 1 aromatic rings. The van der Waals surface area contributed by atoms with Crippen LogP contribution in [0.1, 0.15) is 31.9 Å². The van der Waals surface area contributed by atoms with Crippen molar-refractivity contribution in [1.82, 2.24) is 5.32 Å². The number of anilines is 2. The molecule has 0 radical (unpaired) electrons. The molecule has 0 bridgehead atoms. The third kappa shape index (κ3) is 3.76. The number of aliphatic hydroxyl groups is 1. The third-order valence-corrected chi connectivity index (χ3v) is 3.96. The SMILES string of the molecule is CC.CC1Nc2cc(CNC3(CO)COC3)cc(C(F)(F)F)c2N1. The molecule has 8 heteroatoms. The summed E-state index contributed by atoms with van der Waals surface area (Å²) in [4.78, 5) is 0. The molecule has 136 valence electrons. The first kappa shape index (κ1) is 18.8. The molecule has 0 aromatic heterocycles. The Morgan fingerprint density at radius 2 is 1.96 bits per heavy atom. The van der Waals surface area contributed by atoms with Crippen LogP contribution in [0, 0.1) is 0 Å². The second-order valence-electron chi connectivity index (χ2n) is 5.86. The summed E-state index contributed by atoms with van der Waals surface area (Å²) in [5, 5.41) is 18.2. The Bertz CT molecular complexity index is 569. The number of hydrogen-bond acceptors (Lipinski definition) is 5. The molecule has 24 heavy (non-hydrogen) atoms. The van der Waals surface area contributed by atoms with Crippen molar-refractivity contribution in [3.8, 4) is 0 Å². The molecule has 0 aliphatic carbocycles. The molecule has 3 rings (SSSR count). The van der Waals surface area contributed by atoms with Crippen molar-refractivity contribution < 1.29 is 23.0 Å². The van der Waals surface area contributed by atoms with E-state index in [0.717, 1.165) is 6.07 Å². The van der Waals surface area contributed by atoms with Crippen LogP contribution < -0.4 is 16.0 Å². The zero-order chi connectivity index (χ0) is 18.0. The van der Waals surface area contributed by atoms with Crippen LogP contribution in [0.2, 0.25) is 0 Å². The van der Waals surface area contributed by atoms with E-state index in [2.05, 4.69) is 16.0 Å². The Labute approximate surface area is 139 Å². The quantitative estimate of drug-likeness (QED) is 0.675. The fourth-order valence-electron chi connectivity index (χ4n) is 2.67. The van der Waals surface area contributed by atoms with Crippen molar-refractivity contribution in [3.05, 3.63) is 23.3 Å². The van der Waals surface area contributed by atoms with Crippen molar-refractivity contribution in [3.63, 3.8) is 0 Å². The summed E-state index contributed by atoms with van der Waals surface area (Å²) in [6.45, 7) is 6.59. The van der Waals surface area contributed by atoms with Crippen LogP contribution in [0.25, 0.3) is 0 Å². The highest BCUT2D eigenvalue weighted by Crippen LogP contribution is 2.42. The van der Waals surface area contributed by atoms with E-state index in [4.69, 9.17) is 4.74 Å². The molecule has 1 aromatic carbocycles. The first-order valence-electron chi connectivity index (χ1n) is 8.04. The summed E-state index contributed by atoms with van der Waals surface area (Å²) in [5.74, 6) is 0. The fourth-order valence-corrected chi connectivity index (χ4v) is 2.67. The molecule has 2 heterocycles. The minimum Gasteiger partial charge on any atom is -0.394 e. The van der Waals surface area contributed by atoms with E-state index < -0.39 is 17.3 Å². The smallest absolute Gasteiger partial charge is 0.394 e. The van der Waals surface area contributed by atoms with Crippen molar-refractivity contribution in [2.75, 3.05) is 30.5 Å². The van der Waals surface area contributed by atoms with Gasteiger partial charge in [0.05, 0.1) is 48.5 Å². The molecular weight excluding hydrogens is 323 g/mol. The van der Waals surface area contributed by atoms with Gasteiger partial charge in [-0.1, -0.05) is 13.8 Å². The van der Waals surface area contributed by atoms with Crippen LogP contribution in [-0.4, -0.2) is 36.6 Å². The largest absolute Gasteiger partial charge is 0.418 e. The minimum atomic E-state index is -4.42. The zero-order valence-electron chi connectivity index (χ0n) is 14.0. The number of nitrogens with one attached hydrogen (secondary N) is 3. The second kappa shape index (κ2) is 7.16. The first-order chi connectivity index (χ1) is 11.3. The van der Waals surface area contributed by atoms with E-state index in [1.54, 1.807) is 13.0 Å². The third-order valence-electron chi connectivity index (χ3n) is 3.96. The predicted molar refractivity (Wildman–Crippen MR) is 87.0 cm³/mol. The summed E-state index contributed by atoms with van der Waals surface area (Å²) in [7, 11) is 0. The molecule has 0 spiro atoms. The van der Waals surface area contributed by atoms with Gasteiger partial charge in [-0.15, -0.1) is 0 Å². The lowest BCUT2D eigenvalue weighted by atomic mass is 9.98. The fraction of sp³-hybridized carbons (Fsp3) is 0.625. The maximum atomic E-state index is 13.2. The highest BCUT2D eigenvalue weighted by molar-refractivity contribution is 5.79. The molecule has 1 saturated heterocycles. The topological polar surface area (TPSA) is 65.5 Å². The van der Waals surface area contributed by atoms with Gasteiger partial charge in [0, 0.05) is 6.54 Å². The highest BCUT2D eigenvalue weighted by atomic mass is 19.4. The number of ether oxygens (including phenoxy) is 1. The van der Waals surface area contributed by atoms with Crippen molar-refractivity contribution in [1.29, 1.82) is 0 Å². The van der Waals surface area contributed by atoms with E-state index in [9.17, 15) is 18.3 Å². The van der Waals surface area contributed by atoms with Gasteiger partial charge in [-0.05, 0) is 24.6 Å². The minimum absolute atomic E-state index is 0.0904. The van der Waals surface area contributed by atoms with Crippen molar-refractivity contribution >= 4 is 11.4 Å². The van der Waals surface area contributed by atoms with Crippen molar-refractivity contribution in [2.45, 2.75) is 45.2 Å². The van der Waals surface area contributed by atoms with E-state index >= 15 is 0 Å². The number of alkyl halides is 3. The molecule has 1 fully saturated rings. The van der Waals surface area contributed by atoms with Gasteiger partial charge in [-0.3, -0.25) is 0 Å². The van der Waals surface area contributed by atoms with Crippen molar-refractivity contribution in [2.24, 2.45) is 0 Å². The summed E-state index contributed by atoms with van der Waals surface area (Å²) >= 11 is 0. The predicted octanol–water partition coefficient (Wildman–Crippen LogP) is 2.77. The Hall–Kier alpha value is -1.51. The highest BCUT2D eigenvalue weighted by Gasteiger charge is 2.39. The van der Waals surface area contributed by atoms with E-state index in [1.807, 2.05) is 13.8 Å². The standard InChI is InChI=1S/C14H18F3N3O2.C2H6/c1-8-19-11-3-9(4-18-13(5-21)6-22-7-13)2-10(12(11)20-8)14(15,16)17;1-2/h2-3,8,18-21H,4-7H2,1H3;1-2H3. The lowest BCUT2D eigenvalue weighted by molar-refractivity contribution is -0.137. The van der Waals surface area contributed by atoms with Gasteiger partial charge in [0.15, 0.2) is 0 Å². The zero-order valence-corrected chi connectivity index (χ0v) is 14.0.